The predicted molar refractivity (Wildman–Crippen MR) is 117 cm³/mol. The standard InChI is InChI=1S/C24H32N2O4/c1-29-22-9-7-18(15-23(22)30-2)8-10-24(28)25-16-19-3-5-20(6-4-19)17-26-13-11-21(27)12-14-26/h3-7,9,15,21,27H,8,10-14,16-17H2,1-2H3,(H,25,28). The molecule has 0 radical (unpaired) electrons. The number of hydrogen-bond donors (Lipinski definition) is 2. The third-order valence-corrected chi connectivity index (χ3v) is 5.56. The number of aryl methyl sites for hydroxylation is 1. The monoisotopic (exact) mass is 412 g/mol. The van der Waals surface area contributed by atoms with Crippen LogP contribution in [0.15, 0.2) is 42.5 Å². The molecule has 1 aliphatic heterocycles. The van der Waals surface area contributed by atoms with Gasteiger partial charge in [0.2, 0.25) is 5.91 Å². The van der Waals surface area contributed by atoms with Gasteiger partial charge in [-0.15, -0.1) is 0 Å². The van der Waals surface area contributed by atoms with E-state index in [1.807, 2.05) is 18.2 Å². The largest absolute Gasteiger partial charge is 0.493 e. The normalized spacial score (nSPS) is 15.0. The first-order valence-corrected chi connectivity index (χ1v) is 10.5. The van der Waals surface area contributed by atoms with Gasteiger partial charge >= 0.3 is 0 Å². The molecule has 0 atom stereocenters. The summed E-state index contributed by atoms with van der Waals surface area (Å²) < 4.78 is 10.6. The molecule has 2 aromatic carbocycles. The second-order valence-corrected chi connectivity index (χ2v) is 7.79. The average Bonchev–Trinajstić information content (AvgIpc) is 2.78. The van der Waals surface area contributed by atoms with Crippen molar-refractivity contribution < 1.29 is 19.4 Å². The van der Waals surface area contributed by atoms with E-state index in [0.29, 0.717) is 30.9 Å². The fraction of sp³-hybridized carbons (Fsp3) is 0.458. The lowest BCUT2D eigenvalue weighted by molar-refractivity contribution is -0.121. The molecule has 0 unspecified atom stereocenters. The van der Waals surface area contributed by atoms with Crippen molar-refractivity contribution in [1.82, 2.24) is 10.2 Å². The number of amides is 1. The Balaban J connectivity index is 1.41. The summed E-state index contributed by atoms with van der Waals surface area (Å²) in [6, 6.07) is 14.1. The van der Waals surface area contributed by atoms with Crippen molar-refractivity contribution >= 4 is 5.91 Å². The molecule has 0 bridgehead atoms. The molecular weight excluding hydrogens is 380 g/mol. The Morgan fingerprint density at radius 2 is 1.63 bits per heavy atom. The number of methoxy groups -OCH3 is 2. The Morgan fingerprint density at radius 3 is 2.30 bits per heavy atom. The zero-order valence-electron chi connectivity index (χ0n) is 17.9. The van der Waals surface area contributed by atoms with Gasteiger partial charge in [0.1, 0.15) is 0 Å². The van der Waals surface area contributed by atoms with E-state index in [0.717, 1.165) is 43.6 Å². The minimum Gasteiger partial charge on any atom is -0.493 e. The Bertz CT molecular complexity index is 814. The zero-order valence-corrected chi connectivity index (χ0v) is 17.9. The average molecular weight is 413 g/mol. The number of aliphatic hydroxyl groups excluding tert-OH is 1. The van der Waals surface area contributed by atoms with Gasteiger partial charge in [0.15, 0.2) is 11.5 Å². The van der Waals surface area contributed by atoms with Gasteiger partial charge < -0.3 is 19.9 Å². The molecule has 0 saturated carbocycles. The summed E-state index contributed by atoms with van der Waals surface area (Å²) in [4.78, 5) is 14.6. The number of hydrogen-bond acceptors (Lipinski definition) is 5. The maximum absolute atomic E-state index is 12.2. The van der Waals surface area contributed by atoms with Crippen LogP contribution in [0, 0.1) is 0 Å². The maximum atomic E-state index is 12.2. The highest BCUT2D eigenvalue weighted by molar-refractivity contribution is 5.76. The molecule has 3 rings (SSSR count). The molecule has 1 heterocycles. The molecule has 30 heavy (non-hydrogen) atoms. The first-order chi connectivity index (χ1) is 14.6. The van der Waals surface area contributed by atoms with Crippen LogP contribution in [0.1, 0.15) is 36.0 Å². The van der Waals surface area contributed by atoms with E-state index >= 15 is 0 Å². The second-order valence-electron chi connectivity index (χ2n) is 7.79. The van der Waals surface area contributed by atoms with Crippen molar-refractivity contribution in [2.45, 2.75) is 44.9 Å². The Hall–Kier alpha value is -2.57. The number of aliphatic hydroxyl groups is 1. The molecule has 0 aliphatic carbocycles. The minimum absolute atomic E-state index is 0.0285. The van der Waals surface area contributed by atoms with E-state index < -0.39 is 0 Å². The SMILES string of the molecule is COc1ccc(CCC(=O)NCc2ccc(CN3CCC(O)CC3)cc2)cc1OC. The lowest BCUT2D eigenvalue weighted by Gasteiger charge is -2.29. The van der Waals surface area contributed by atoms with Crippen LogP contribution in [0.2, 0.25) is 0 Å². The quantitative estimate of drug-likeness (QED) is 0.663. The topological polar surface area (TPSA) is 71.0 Å². The number of nitrogens with zero attached hydrogens (tertiary/aromatic N) is 1. The zero-order chi connectivity index (χ0) is 21.3. The highest BCUT2D eigenvalue weighted by Gasteiger charge is 2.16. The summed E-state index contributed by atoms with van der Waals surface area (Å²) in [5.74, 6) is 1.39. The Kier molecular flexibility index (Phi) is 8.11. The molecular formula is C24H32N2O4. The summed E-state index contributed by atoms with van der Waals surface area (Å²) in [5, 5.41) is 12.6. The summed E-state index contributed by atoms with van der Waals surface area (Å²) in [5.41, 5.74) is 3.39. The van der Waals surface area contributed by atoms with Crippen LogP contribution in [0.5, 0.6) is 11.5 Å². The molecule has 2 aromatic rings. The van der Waals surface area contributed by atoms with Crippen LogP contribution in [0.4, 0.5) is 0 Å². The van der Waals surface area contributed by atoms with Gasteiger partial charge in [-0.25, -0.2) is 0 Å². The molecule has 2 N–H and O–H groups in total. The molecule has 6 nitrogen and oxygen atoms in total. The van der Waals surface area contributed by atoms with Gasteiger partial charge in [0.05, 0.1) is 20.3 Å². The van der Waals surface area contributed by atoms with Crippen molar-refractivity contribution in [3.63, 3.8) is 0 Å². The lowest BCUT2D eigenvalue weighted by Crippen LogP contribution is -2.35. The highest BCUT2D eigenvalue weighted by Crippen LogP contribution is 2.27. The molecule has 1 saturated heterocycles. The number of rotatable bonds is 9. The van der Waals surface area contributed by atoms with Crippen molar-refractivity contribution in [2.75, 3.05) is 27.3 Å². The predicted octanol–water partition coefficient (Wildman–Crippen LogP) is 2.91. The molecule has 1 amide bonds. The molecule has 1 aliphatic rings. The van der Waals surface area contributed by atoms with E-state index in [-0.39, 0.29) is 12.0 Å². The third kappa shape index (κ3) is 6.47. The molecule has 0 spiro atoms. The van der Waals surface area contributed by atoms with Crippen molar-refractivity contribution in [1.29, 1.82) is 0 Å². The molecule has 1 fully saturated rings. The van der Waals surface area contributed by atoms with Gasteiger partial charge in [-0.3, -0.25) is 9.69 Å². The number of likely N-dealkylation sites (tertiary alicyclic amines) is 1. The number of benzene rings is 2. The van der Waals surface area contributed by atoms with Gasteiger partial charge in [0.25, 0.3) is 0 Å². The fourth-order valence-electron chi connectivity index (χ4n) is 3.68. The van der Waals surface area contributed by atoms with Gasteiger partial charge in [0, 0.05) is 32.6 Å². The van der Waals surface area contributed by atoms with E-state index in [4.69, 9.17) is 9.47 Å². The van der Waals surface area contributed by atoms with E-state index in [2.05, 4.69) is 34.5 Å². The molecule has 162 valence electrons. The van der Waals surface area contributed by atoms with Crippen LogP contribution < -0.4 is 14.8 Å². The maximum Gasteiger partial charge on any atom is 0.220 e. The van der Waals surface area contributed by atoms with Crippen LogP contribution >= 0.6 is 0 Å². The molecule has 0 aromatic heterocycles. The Labute approximate surface area is 178 Å². The van der Waals surface area contributed by atoms with Crippen molar-refractivity contribution in [2.24, 2.45) is 0 Å². The van der Waals surface area contributed by atoms with Crippen LogP contribution in [0.3, 0.4) is 0 Å². The molecule has 6 heteroatoms. The van der Waals surface area contributed by atoms with E-state index in [9.17, 15) is 9.90 Å². The number of piperidine rings is 1. The number of carbonyl (C=O) groups excluding carboxylic acids is 1. The van der Waals surface area contributed by atoms with Crippen LogP contribution in [-0.4, -0.2) is 49.3 Å². The number of ether oxygens (including phenoxy) is 2. The smallest absolute Gasteiger partial charge is 0.220 e. The number of nitrogens with one attached hydrogen (secondary N) is 1. The Morgan fingerprint density at radius 1 is 1.00 bits per heavy atom. The third-order valence-electron chi connectivity index (χ3n) is 5.56. The van der Waals surface area contributed by atoms with Crippen molar-refractivity contribution in [3.05, 3.63) is 59.2 Å². The van der Waals surface area contributed by atoms with E-state index in [1.54, 1.807) is 14.2 Å². The van der Waals surface area contributed by atoms with Gasteiger partial charge in [-0.1, -0.05) is 30.3 Å². The van der Waals surface area contributed by atoms with Crippen LogP contribution in [0.25, 0.3) is 0 Å². The fourth-order valence-corrected chi connectivity index (χ4v) is 3.68. The van der Waals surface area contributed by atoms with Gasteiger partial charge in [-0.05, 0) is 48.1 Å². The summed E-state index contributed by atoms with van der Waals surface area (Å²) >= 11 is 0. The minimum atomic E-state index is -0.140. The summed E-state index contributed by atoms with van der Waals surface area (Å²) in [6.07, 6.45) is 2.64. The second kappa shape index (κ2) is 11.0. The summed E-state index contributed by atoms with van der Waals surface area (Å²) in [6.45, 7) is 3.32. The first-order valence-electron chi connectivity index (χ1n) is 10.5. The van der Waals surface area contributed by atoms with Crippen LogP contribution in [-0.2, 0) is 24.3 Å². The van der Waals surface area contributed by atoms with E-state index in [1.165, 1.54) is 5.56 Å². The van der Waals surface area contributed by atoms with Gasteiger partial charge in [-0.2, -0.15) is 0 Å². The lowest BCUT2D eigenvalue weighted by atomic mass is 10.1. The van der Waals surface area contributed by atoms with Crippen molar-refractivity contribution in [3.8, 4) is 11.5 Å². The first kappa shape index (κ1) is 22.1. The number of carbonyl (C=O) groups is 1. The highest BCUT2D eigenvalue weighted by atomic mass is 16.5. The summed E-state index contributed by atoms with van der Waals surface area (Å²) in [7, 11) is 3.22.